The van der Waals surface area contributed by atoms with Gasteiger partial charge in [0.05, 0.1) is 16.3 Å². The molecule has 3 rings (SSSR count). The van der Waals surface area contributed by atoms with Gasteiger partial charge < -0.3 is 0 Å². The zero-order valence-electron chi connectivity index (χ0n) is 18.7. The van der Waals surface area contributed by atoms with Gasteiger partial charge in [0, 0.05) is 0 Å². The fraction of sp³-hybridized carbons (Fsp3) is 0.308. The normalized spacial score (nSPS) is 12.6. The van der Waals surface area contributed by atoms with Gasteiger partial charge in [0.2, 0.25) is 0 Å². The van der Waals surface area contributed by atoms with Gasteiger partial charge in [-0.05, 0) is 58.4 Å². The minimum Gasteiger partial charge on any atom is -0.235 e. The van der Waals surface area contributed by atoms with E-state index in [1.54, 1.807) is 24.3 Å². The van der Waals surface area contributed by atoms with Gasteiger partial charge in [-0.25, -0.2) is 12.7 Å². The van der Waals surface area contributed by atoms with Gasteiger partial charge in [-0.2, -0.15) is 0 Å². The van der Waals surface area contributed by atoms with Crippen molar-refractivity contribution in [3.8, 4) is 0 Å². The van der Waals surface area contributed by atoms with Crippen LogP contribution in [-0.2, 0) is 20.9 Å². The maximum Gasteiger partial charge on any atom is 0.268 e. The van der Waals surface area contributed by atoms with Crippen LogP contribution in [0.1, 0.15) is 52.7 Å². The highest BCUT2D eigenvalue weighted by atomic mass is 32.2. The molecule has 3 aromatic rings. The first-order valence-corrected chi connectivity index (χ1v) is 11.7. The Kier molecular flexibility index (Phi) is 5.83. The molecule has 0 saturated heterocycles. The number of sulfonamides is 1. The quantitative estimate of drug-likeness (QED) is 0.464. The molecule has 0 radical (unpaired) electrons. The molecule has 3 nitrogen and oxygen atoms in total. The van der Waals surface area contributed by atoms with Gasteiger partial charge in [-0.1, -0.05) is 84.0 Å². The third-order valence-electron chi connectivity index (χ3n) is 5.22. The summed E-state index contributed by atoms with van der Waals surface area (Å²) >= 11 is 0. The predicted octanol–water partition coefficient (Wildman–Crippen LogP) is 6.81. The molecule has 0 aliphatic carbocycles. The van der Waals surface area contributed by atoms with Gasteiger partial charge in [-0.15, -0.1) is 0 Å². The van der Waals surface area contributed by atoms with E-state index < -0.39 is 10.0 Å². The SMILES string of the molecule is CC(C)(C)c1ccc(N(c2ccc(C(C)(C)C)cc2)S(=O)(=O)c2ccccc2)cc1. The lowest BCUT2D eigenvalue weighted by Gasteiger charge is -2.27. The molecule has 158 valence electrons. The first kappa shape index (κ1) is 22.1. The molecule has 0 heterocycles. The number of hydrogen-bond donors (Lipinski definition) is 0. The lowest BCUT2D eigenvalue weighted by molar-refractivity contribution is 0.590. The molecule has 0 fully saturated rings. The van der Waals surface area contributed by atoms with Crippen LogP contribution in [0.2, 0.25) is 0 Å². The molecule has 3 aromatic carbocycles. The Hall–Kier alpha value is -2.59. The van der Waals surface area contributed by atoms with Crippen molar-refractivity contribution in [2.75, 3.05) is 4.31 Å². The van der Waals surface area contributed by atoms with Crippen molar-refractivity contribution in [1.82, 2.24) is 0 Å². The van der Waals surface area contributed by atoms with Gasteiger partial charge >= 0.3 is 0 Å². The van der Waals surface area contributed by atoms with E-state index >= 15 is 0 Å². The highest BCUT2D eigenvalue weighted by Gasteiger charge is 2.27. The molecule has 0 aromatic heterocycles. The summed E-state index contributed by atoms with van der Waals surface area (Å²) in [7, 11) is -3.77. The van der Waals surface area contributed by atoms with Crippen LogP contribution in [0.25, 0.3) is 0 Å². The molecular weight excluding hydrogens is 390 g/mol. The van der Waals surface area contributed by atoms with Crippen molar-refractivity contribution >= 4 is 21.4 Å². The Labute approximate surface area is 181 Å². The van der Waals surface area contributed by atoms with Crippen molar-refractivity contribution in [1.29, 1.82) is 0 Å². The number of nitrogens with zero attached hydrogens (tertiary/aromatic N) is 1. The summed E-state index contributed by atoms with van der Waals surface area (Å²) in [5.41, 5.74) is 3.55. The average molecular weight is 422 g/mol. The molecule has 0 unspecified atom stereocenters. The fourth-order valence-corrected chi connectivity index (χ4v) is 4.83. The molecule has 0 amide bonds. The maximum atomic E-state index is 13.6. The second-order valence-electron chi connectivity index (χ2n) is 9.68. The Morgan fingerprint density at radius 1 is 0.567 bits per heavy atom. The van der Waals surface area contributed by atoms with Crippen LogP contribution in [0.3, 0.4) is 0 Å². The van der Waals surface area contributed by atoms with Gasteiger partial charge in [0.25, 0.3) is 10.0 Å². The zero-order chi connectivity index (χ0) is 22.2. The van der Waals surface area contributed by atoms with Crippen LogP contribution in [0.4, 0.5) is 11.4 Å². The minimum atomic E-state index is -3.77. The van der Waals surface area contributed by atoms with Crippen LogP contribution in [0.5, 0.6) is 0 Å². The molecule has 0 spiro atoms. The average Bonchev–Trinajstić information content (AvgIpc) is 2.68. The number of hydrogen-bond acceptors (Lipinski definition) is 2. The van der Waals surface area contributed by atoms with Crippen LogP contribution in [0.15, 0.2) is 83.8 Å². The molecule has 30 heavy (non-hydrogen) atoms. The van der Waals surface area contributed by atoms with Gasteiger partial charge in [0.15, 0.2) is 0 Å². The molecule has 0 aliphatic rings. The third-order valence-corrected chi connectivity index (χ3v) is 6.99. The molecular formula is C26H31NO2S. The second-order valence-corrected chi connectivity index (χ2v) is 11.5. The maximum absolute atomic E-state index is 13.6. The van der Waals surface area contributed by atoms with Crippen LogP contribution >= 0.6 is 0 Å². The fourth-order valence-electron chi connectivity index (χ4n) is 3.32. The second kappa shape index (κ2) is 7.92. The highest BCUT2D eigenvalue weighted by Crippen LogP contribution is 2.35. The Morgan fingerprint density at radius 2 is 0.933 bits per heavy atom. The smallest absolute Gasteiger partial charge is 0.235 e. The van der Waals surface area contributed by atoms with Crippen molar-refractivity contribution < 1.29 is 8.42 Å². The van der Waals surface area contributed by atoms with Crippen molar-refractivity contribution in [3.63, 3.8) is 0 Å². The lowest BCUT2D eigenvalue weighted by atomic mass is 9.87. The highest BCUT2D eigenvalue weighted by molar-refractivity contribution is 7.93. The molecule has 0 aliphatic heterocycles. The summed E-state index contributed by atoms with van der Waals surface area (Å²) in [6.07, 6.45) is 0. The summed E-state index contributed by atoms with van der Waals surface area (Å²) in [6.45, 7) is 12.9. The molecule has 0 atom stereocenters. The van der Waals surface area contributed by atoms with Crippen molar-refractivity contribution in [2.24, 2.45) is 0 Å². The Balaban J connectivity index is 2.15. The molecule has 0 bridgehead atoms. The Morgan fingerprint density at radius 3 is 1.27 bits per heavy atom. The van der Waals surface area contributed by atoms with E-state index in [-0.39, 0.29) is 15.7 Å². The van der Waals surface area contributed by atoms with Crippen LogP contribution in [-0.4, -0.2) is 8.42 Å². The molecule has 0 N–H and O–H groups in total. The van der Waals surface area contributed by atoms with Crippen molar-refractivity contribution in [2.45, 2.75) is 57.3 Å². The van der Waals surface area contributed by atoms with E-state index in [4.69, 9.17) is 0 Å². The topological polar surface area (TPSA) is 37.4 Å². The Bertz CT molecular complexity index is 1030. The summed E-state index contributed by atoms with van der Waals surface area (Å²) < 4.78 is 28.7. The monoisotopic (exact) mass is 421 g/mol. The van der Waals surface area contributed by atoms with E-state index in [1.807, 2.05) is 54.6 Å². The molecule has 0 saturated carbocycles. The number of rotatable bonds is 4. The van der Waals surface area contributed by atoms with E-state index in [2.05, 4.69) is 41.5 Å². The zero-order valence-corrected chi connectivity index (χ0v) is 19.5. The number of benzene rings is 3. The van der Waals surface area contributed by atoms with Crippen LogP contribution in [0, 0.1) is 0 Å². The first-order chi connectivity index (χ1) is 13.9. The van der Waals surface area contributed by atoms with E-state index in [0.29, 0.717) is 11.4 Å². The van der Waals surface area contributed by atoms with Gasteiger partial charge in [0.1, 0.15) is 0 Å². The largest absolute Gasteiger partial charge is 0.268 e. The van der Waals surface area contributed by atoms with Crippen molar-refractivity contribution in [3.05, 3.63) is 90.0 Å². The number of anilines is 2. The minimum absolute atomic E-state index is 0.00395. The predicted molar refractivity (Wildman–Crippen MR) is 126 cm³/mol. The first-order valence-electron chi connectivity index (χ1n) is 10.2. The van der Waals surface area contributed by atoms with E-state index in [9.17, 15) is 8.42 Å². The van der Waals surface area contributed by atoms with Gasteiger partial charge in [-0.3, -0.25) is 0 Å². The van der Waals surface area contributed by atoms with E-state index in [1.165, 1.54) is 4.31 Å². The summed E-state index contributed by atoms with van der Waals surface area (Å²) in [5, 5.41) is 0. The summed E-state index contributed by atoms with van der Waals surface area (Å²) in [4.78, 5) is 0.268. The van der Waals surface area contributed by atoms with Crippen LogP contribution < -0.4 is 4.31 Å². The lowest BCUT2D eigenvalue weighted by Crippen LogP contribution is -2.26. The molecule has 4 heteroatoms. The summed E-state index contributed by atoms with van der Waals surface area (Å²) in [6, 6.07) is 24.2. The summed E-state index contributed by atoms with van der Waals surface area (Å²) in [5.74, 6) is 0. The third kappa shape index (κ3) is 4.59. The van der Waals surface area contributed by atoms with E-state index in [0.717, 1.165) is 11.1 Å². The standard InChI is InChI=1S/C26H31NO2S/c1-25(2,3)20-12-16-22(17-13-20)27(30(28,29)24-10-8-7-9-11-24)23-18-14-21(15-19-23)26(4,5)6/h7-19H,1-6H3.